The second-order valence-corrected chi connectivity index (χ2v) is 6.36. The lowest BCUT2D eigenvalue weighted by Crippen LogP contribution is -2.15. The number of hydrogen-bond donors (Lipinski definition) is 1. The standard InChI is InChI=1S/C19H23ClN2O2/c1-12-11-16(7-8-17(12)20)24-9-5-6-18(23)22-19-13(2)10-14(3)21-15(19)4/h7-8,10-11H,5-6,9H2,1-4H3,(H,22,23). The van der Waals surface area contributed by atoms with E-state index in [1.165, 1.54) is 0 Å². The van der Waals surface area contributed by atoms with Crippen molar-refractivity contribution >= 4 is 23.2 Å². The van der Waals surface area contributed by atoms with Crippen LogP contribution in [0.1, 0.15) is 35.4 Å². The van der Waals surface area contributed by atoms with Crippen molar-refractivity contribution in [3.05, 3.63) is 51.8 Å². The molecule has 1 N–H and O–H groups in total. The van der Waals surface area contributed by atoms with Crippen molar-refractivity contribution in [2.75, 3.05) is 11.9 Å². The van der Waals surface area contributed by atoms with E-state index < -0.39 is 0 Å². The molecule has 0 unspecified atom stereocenters. The molecule has 0 aliphatic carbocycles. The number of pyridine rings is 1. The fourth-order valence-corrected chi connectivity index (χ4v) is 2.66. The van der Waals surface area contributed by atoms with E-state index in [-0.39, 0.29) is 5.91 Å². The van der Waals surface area contributed by atoms with Crippen molar-refractivity contribution in [2.24, 2.45) is 0 Å². The summed E-state index contributed by atoms with van der Waals surface area (Å²) in [6, 6.07) is 7.51. The van der Waals surface area contributed by atoms with E-state index in [1.807, 2.05) is 52.0 Å². The molecule has 24 heavy (non-hydrogen) atoms. The first-order valence-electron chi connectivity index (χ1n) is 8.00. The minimum atomic E-state index is -0.0252. The SMILES string of the molecule is Cc1cc(C)c(NC(=O)CCCOc2ccc(Cl)c(C)c2)c(C)n1. The Morgan fingerprint density at radius 2 is 1.92 bits per heavy atom. The summed E-state index contributed by atoms with van der Waals surface area (Å²) in [6.07, 6.45) is 1.05. The van der Waals surface area contributed by atoms with E-state index >= 15 is 0 Å². The van der Waals surface area contributed by atoms with Crippen LogP contribution >= 0.6 is 11.6 Å². The van der Waals surface area contributed by atoms with Crippen LogP contribution < -0.4 is 10.1 Å². The molecule has 2 aromatic rings. The number of ether oxygens (including phenoxy) is 1. The van der Waals surface area contributed by atoms with Crippen LogP contribution in [0.4, 0.5) is 5.69 Å². The Morgan fingerprint density at radius 3 is 2.58 bits per heavy atom. The van der Waals surface area contributed by atoms with Crippen molar-refractivity contribution in [3.8, 4) is 5.75 Å². The largest absolute Gasteiger partial charge is 0.494 e. The Hall–Kier alpha value is -2.07. The van der Waals surface area contributed by atoms with Crippen LogP contribution in [0.3, 0.4) is 0 Å². The summed E-state index contributed by atoms with van der Waals surface area (Å²) in [7, 11) is 0. The first-order chi connectivity index (χ1) is 11.4. The van der Waals surface area contributed by atoms with Gasteiger partial charge in [-0.15, -0.1) is 0 Å². The Labute approximate surface area is 148 Å². The normalized spacial score (nSPS) is 10.5. The summed E-state index contributed by atoms with van der Waals surface area (Å²) in [6.45, 7) is 8.24. The van der Waals surface area contributed by atoms with Crippen LogP contribution in [-0.2, 0) is 4.79 Å². The lowest BCUT2D eigenvalue weighted by molar-refractivity contribution is -0.116. The highest BCUT2D eigenvalue weighted by Gasteiger charge is 2.09. The average Bonchev–Trinajstić information content (AvgIpc) is 2.51. The van der Waals surface area contributed by atoms with Crippen LogP contribution in [0.5, 0.6) is 5.75 Å². The van der Waals surface area contributed by atoms with Gasteiger partial charge in [0.2, 0.25) is 5.91 Å². The van der Waals surface area contributed by atoms with Crippen molar-refractivity contribution in [3.63, 3.8) is 0 Å². The average molecular weight is 347 g/mol. The van der Waals surface area contributed by atoms with Gasteiger partial charge in [0.15, 0.2) is 0 Å². The number of nitrogens with one attached hydrogen (secondary N) is 1. The molecular formula is C19H23ClN2O2. The molecule has 0 fully saturated rings. The molecule has 128 valence electrons. The highest BCUT2D eigenvalue weighted by atomic mass is 35.5. The summed E-state index contributed by atoms with van der Waals surface area (Å²) in [4.78, 5) is 16.5. The predicted octanol–water partition coefficient (Wildman–Crippen LogP) is 4.77. The number of carbonyl (C=O) groups excluding carboxylic acids is 1. The van der Waals surface area contributed by atoms with Crippen LogP contribution in [0.2, 0.25) is 5.02 Å². The number of rotatable bonds is 6. The van der Waals surface area contributed by atoms with Crippen LogP contribution in [0, 0.1) is 27.7 Å². The van der Waals surface area contributed by atoms with Gasteiger partial charge >= 0.3 is 0 Å². The summed E-state index contributed by atoms with van der Waals surface area (Å²) >= 11 is 5.98. The summed E-state index contributed by atoms with van der Waals surface area (Å²) in [5.41, 5.74) is 4.61. The predicted molar refractivity (Wildman–Crippen MR) is 98.0 cm³/mol. The highest BCUT2D eigenvalue weighted by Crippen LogP contribution is 2.22. The molecule has 0 saturated carbocycles. The molecule has 1 aromatic carbocycles. The molecule has 1 heterocycles. The molecule has 5 heteroatoms. The van der Waals surface area contributed by atoms with E-state index in [4.69, 9.17) is 16.3 Å². The molecule has 1 amide bonds. The van der Waals surface area contributed by atoms with Gasteiger partial charge in [0, 0.05) is 17.1 Å². The molecule has 0 atom stereocenters. The number of halogens is 1. The maximum absolute atomic E-state index is 12.1. The maximum atomic E-state index is 12.1. The zero-order valence-corrected chi connectivity index (χ0v) is 15.3. The number of nitrogens with zero attached hydrogens (tertiary/aromatic N) is 1. The highest BCUT2D eigenvalue weighted by molar-refractivity contribution is 6.31. The number of hydrogen-bond acceptors (Lipinski definition) is 3. The third-order valence-corrected chi connectivity index (χ3v) is 4.16. The van der Waals surface area contributed by atoms with Crippen molar-refractivity contribution in [1.82, 2.24) is 4.98 Å². The Kier molecular flexibility index (Phi) is 6.21. The van der Waals surface area contributed by atoms with E-state index in [0.29, 0.717) is 19.4 Å². The topological polar surface area (TPSA) is 51.2 Å². The fourth-order valence-electron chi connectivity index (χ4n) is 2.54. The number of amides is 1. The monoisotopic (exact) mass is 346 g/mol. The minimum Gasteiger partial charge on any atom is -0.494 e. The van der Waals surface area contributed by atoms with E-state index in [1.54, 1.807) is 0 Å². The molecule has 0 aliphatic rings. The van der Waals surface area contributed by atoms with Crippen LogP contribution in [-0.4, -0.2) is 17.5 Å². The van der Waals surface area contributed by atoms with Crippen molar-refractivity contribution in [2.45, 2.75) is 40.5 Å². The van der Waals surface area contributed by atoms with Gasteiger partial charge in [-0.25, -0.2) is 0 Å². The molecule has 0 bridgehead atoms. The van der Waals surface area contributed by atoms with Gasteiger partial charge in [0.05, 0.1) is 18.0 Å². The second kappa shape index (κ2) is 8.15. The van der Waals surface area contributed by atoms with Gasteiger partial charge in [-0.05, 0) is 69.5 Å². The molecule has 4 nitrogen and oxygen atoms in total. The lowest BCUT2D eigenvalue weighted by Gasteiger charge is -2.12. The zero-order valence-electron chi connectivity index (χ0n) is 14.6. The van der Waals surface area contributed by atoms with Gasteiger partial charge < -0.3 is 10.1 Å². The molecule has 1 aromatic heterocycles. The quantitative estimate of drug-likeness (QED) is 0.767. The van der Waals surface area contributed by atoms with Gasteiger partial charge in [0.25, 0.3) is 0 Å². The first kappa shape index (κ1) is 18.3. The molecular weight excluding hydrogens is 324 g/mol. The van der Waals surface area contributed by atoms with Gasteiger partial charge in [-0.2, -0.15) is 0 Å². The number of aromatic nitrogens is 1. The van der Waals surface area contributed by atoms with Gasteiger partial charge in [-0.1, -0.05) is 11.6 Å². The Morgan fingerprint density at radius 1 is 1.17 bits per heavy atom. The maximum Gasteiger partial charge on any atom is 0.224 e. The number of aryl methyl sites for hydroxylation is 4. The lowest BCUT2D eigenvalue weighted by atomic mass is 10.1. The number of anilines is 1. The third kappa shape index (κ3) is 4.96. The second-order valence-electron chi connectivity index (χ2n) is 5.95. The van der Waals surface area contributed by atoms with Crippen molar-refractivity contribution < 1.29 is 9.53 Å². The number of benzene rings is 1. The van der Waals surface area contributed by atoms with E-state index in [9.17, 15) is 4.79 Å². The molecule has 2 rings (SSSR count). The van der Waals surface area contributed by atoms with E-state index in [0.717, 1.165) is 39.0 Å². The van der Waals surface area contributed by atoms with E-state index in [2.05, 4.69) is 10.3 Å². The molecule has 0 spiro atoms. The minimum absolute atomic E-state index is 0.0252. The molecule has 0 aliphatic heterocycles. The molecule has 0 saturated heterocycles. The third-order valence-electron chi connectivity index (χ3n) is 3.74. The van der Waals surface area contributed by atoms with Crippen LogP contribution in [0.25, 0.3) is 0 Å². The van der Waals surface area contributed by atoms with Crippen LogP contribution in [0.15, 0.2) is 24.3 Å². The Bertz CT molecular complexity index is 721. The smallest absolute Gasteiger partial charge is 0.224 e. The first-order valence-corrected chi connectivity index (χ1v) is 8.38. The molecule has 0 radical (unpaired) electrons. The summed E-state index contributed by atoms with van der Waals surface area (Å²) in [5, 5.41) is 3.67. The fraction of sp³-hybridized carbons (Fsp3) is 0.368. The summed E-state index contributed by atoms with van der Waals surface area (Å²) < 4.78 is 5.65. The summed E-state index contributed by atoms with van der Waals surface area (Å²) in [5.74, 6) is 0.745. The number of carbonyl (C=O) groups is 1. The van der Waals surface area contributed by atoms with Gasteiger partial charge in [0.1, 0.15) is 5.75 Å². The zero-order chi connectivity index (χ0) is 17.7. The van der Waals surface area contributed by atoms with Gasteiger partial charge in [-0.3, -0.25) is 9.78 Å². The Balaban J connectivity index is 1.80. The van der Waals surface area contributed by atoms with Crippen molar-refractivity contribution in [1.29, 1.82) is 0 Å².